The first-order chi connectivity index (χ1) is 6.27. The van der Waals surface area contributed by atoms with E-state index in [0.29, 0.717) is 5.92 Å². The van der Waals surface area contributed by atoms with E-state index in [2.05, 4.69) is 27.4 Å². The van der Waals surface area contributed by atoms with E-state index in [-0.39, 0.29) is 6.10 Å². The molecule has 0 spiro atoms. The van der Waals surface area contributed by atoms with Gasteiger partial charge in [0.15, 0.2) is 0 Å². The van der Waals surface area contributed by atoms with Gasteiger partial charge in [-0.25, -0.2) is 0 Å². The summed E-state index contributed by atoms with van der Waals surface area (Å²) < 4.78 is 1.23. The Morgan fingerprint density at radius 3 is 2.92 bits per heavy atom. The monoisotopic (exact) mass is 260 g/mol. The zero-order valence-corrected chi connectivity index (χ0v) is 9.77. The highest BCUT2D eigenvalue weighted by Crippen LogP contribution is 2.32. The van der Waals surface area contributed by atoms with Crippen molar-refractivity contribution in [3.8, 4) is 0 Å². The molecule has 1 heterocycles. The number of halogens is 1. The highest BCUT2D eigenvalue weighted by atomic mass is 79.9. The fraction of sp³-hybridized carbons (Fsp3) is 0.600. The predicted octanol–water partition coefficient (Wildman–Crippen LogP) is 3.21. The number of hydrogen-bond acceptors (Lipinski definition) is 2. The van der Waals surface area contributed by atoms with E-state index >= 15 is 0 Å². The van der Waals surface area contributed by atoms with Gasteiger partial charge in [-0.1, -0.05) is 6.42 Å². The maximum Gasteiger partial charge on any atom is 0.0730 e. The van der Waals surface area contributed by atoms with Gasteiger partial charge < -0.3 is 5.11 Å². The van der Waals surface area contributed by atoms with Gasteiger partial charge in [-0.3, -0.25) is 0 Å². The van der Waals surface area contributed by atoms with Gasteiger partial charge in [-0.05, 0) is 58.1 Å². The molecule has 0 aliphatic heterocycles. The molecule has 72 valence electrons. The van der Waals surface area contributed by atoms with Gasteiger partial charge in [0.25, 0.3) is 0 Å². The molecule has 2 unspecified atom stereocenters. The van der Waals surface area contributed by atoms with Crippen LogP contribution in [-0.4, -0.2) is 11.2 Å². The van der Waals surface area contributed by atoms with E-state index < -0.39 is 0 Å². The van der Waals surface area contributed by atoms with Crippen LogP contribution in [0.25, 0.3) is 0 Å². The summed E-state index contributed by atoms with van der Waals surface area (Å²) in [4.78, 5) is 0. The third kappa shape index (κ3) is 2.14. The largest absolute Gasteiger partial charge is 0.393 e. The second-order valence-electron chi connectivity index (χ2n) is 3.68. The minimum Gasteiger partial charge on any atom is -0.393 e. The first-order valence-electron chi connectivity index (χ1n) is 4.67. The van der Waals surface area contributed by atoms with Crippen molar-refractivity contribution >= 4 is 27.3 Å². The maximum atomic E-state index is 9.67. The Morgan fingerprint density at radius 2 is 2.38 bits per heavy atom. The topological polar surface area (TPSA) is 20.2 Å². The highest BCUT2D eigenvalue weighted by molar-refractivity contribution is 9.11. The Bertz CT molecular complexity index is 284. The second kappa shape index (κ2) is 4.11. The molecule has 0 saturated heterocycles. The number of aliphatic hydroxyl groups is 1. The highest BCUT2D eigenvalue weighted by Gasteiger charge is 2.25. The van der Waals surface area contributed by atoms with Crippen LogP contribution in [-0.2, 0) is 6.42 Å². The van der Waals surface area contributed by atoms with E-state index in [1.165, 1.54) is 22.2 Å². The quantitative estimate of drug-likeness (QED) is 0.866. The Kier molecular flexibility index (Phi) is 3.06. The summed E-state index contributed by atoms with van der Waals surface area (Å²) in [6.07, 6.45) is 4.33. The van der Waals surface area contributed by atoms with Crippen molar-refractivity contribution in [2.24, 2.45) is 5.92 Å². The summed E-state index contributed by atoms with van der Waals surface area (Å²) in [5.41, 5.74) is 1.36. The van der Waals surface area contributed by atoms with Crippen molar-refractivity contribution < 1.29 is 5.11 Å². The van der Waals surface area contributed by atoms with E-state index in [1.54, 1.807) is 11.3 Å². The van der Waals surface area contributed by atoms with Crippen LogP contribution in [0, 0.1) is 5.92 Å². The summed E-state index contributed by atoms with van der Waals surface area (Å²) in [6.45, 7) is 0. The lowest BCUT2D eigenvalue weighted by Crippen LogP contribution is -2.15. The fourth-order valence-electron chi connectivity index (χ4n) is 2.00. The van der Waals surface area contributed by atoms with Gasteiger partial charge in [-0.2, -0.15) is 0 Å². The lowest BCUT2D eigenvalue weighted by molar-refractivity contribution is 0.132. The minimum absolute atomic E-state index is 0.0631. The van der Waals surface area contributed by atoms with E-state index in [1.807, 2.05) is 0 Å². The van der Waals surface area contributed by atoms with Crippen LogP contribution in [0.2, 0.25) is 0 Å². The van der Waals surface area contributed by atoms with Crippen LogP contribution in [0.3, 0.4) is 0 Å². The van der Waals surface area contributed by atoms with Gasteiger partial charge >= 0.3 is 0 Å². The van der Waals surface area contributed by atoms with Gasteiger partial charge in [0.05, 0.1) is 9.89 Å². The minimum atomic E-state index is -0.0631. The molecule has 0 radical (unpaired) electrons. The molecule has 1 aliphatic rings. The third-order valence-electron chi connectivity index (χ3n) is 2.79. The Hall–Kier alpha value is 0.140. The van der Waals surface area contributed by atoms with Gasteiger partial charge in [0, 0.05) is 0 Å². The average molecular weight is 261 g/mol. The average Bonchev–Trinajstić information content (AvgIpc) is 2.65. The molecule has 1 aliphatic carbocycles. The fourth-order valence-corrected chi connectivity index (χ4v) is 3.28. The van der Waals surface area contributed by atoms with Crippen molar-refractivity contribution in [3.63, 3.8) is 0 Å². The molecule has 1 saturated carbocycles. The van der Waals surface area contributed by atoms with Crippen LogP contribution in [0.5, 0.6) is 0 Å². The molecule has 2 atom stereocenters. The van der Waals surface area contributed by atoms with Gasteiger partial charge in [0.1, 0.15) is 0 Å². The zero-order valence-electron chi connectivity index (χ0n) is 7.37. The molecule has 3 heteroatoms. The molecule has 0 bridgehead atoms. The van der Waals surface area contributed by atoms with Crippen molar-refractivity contribution in [1.82, 2.24) is 0 Å². The number of rotatable bonds is 2. The summed E-state index contributed by atoms with van der Waals surface area (Å²) >= 11 is 5.25. The zero-order chi connectivity index (χ0) is 9.26. The first kappa shape index (κ1) is 9.69. The molecule has 1 aromatic rings. The van der Waals surface area contributed by atoms with Crippen LogP contribution in [0.4, 0.5) is 0 Å². The standard InChI is InChI=1S/C10H13BrOS/c11-10-8(4-5-13-10)6-7-2-1-3-9(7)12/h4-5,7,9,12H,1-3,6H2. The van der Waals surface area contributed by atoms with Gasteiger partial charge in [0.2, 0.25) is 0 Å². The molecule has 1 fully saturated rings. The number of thiophene rings is 1. The lowest BCUT2D eigenvalue weighted by Gasteiger charge is -2.13. The molecule has 1 aromatic heterocycles. The number of hydrogen-bond donors (Lipinski definition) is 1. The summed E-state index contributed by atoms with van der Waals surface area (Å²) in [5, 5.41) is 11.8. The van der Waals surface area contributed by atoms with Crippen molar-refractivity contribution in [3.05, 3.63) is 20.8 Å². The molecule has 0 amide bonds. The Balaban J connectivity index is 2.01. The molecule has 13 heavy (non-hydrogen) atoms. The predicted molar refractivity (Wildman–Crippen MR) is 59.1 cm³/mol. The van der Waals surface area contributed by atoms with Crippen molar-refractivity contribution in [1.29, 1.82) is 0 Å². The van der Waals surface area contributed by atoms with Crippen LogP contribution in [0.15, 0.2) is 15.2 Å². The Labute approximate surface area is 90.9 Å². The molecule has 0 aromatic carbocycles. The smallest absolute Gasteiger partial charge is 0.0730 e. The summed E-state index contributed by atoms with van der Waals surface area (Å²) in [6, 6.07) is 2.15. The van der Waals surface area contributed by atoms with E-state index in [0.717, 1.165) is 12.8 Å². The maximum absolute atomic E-state index is 9.67. The van der Waals surface area contributed by atoms with Crippen LogP contribution < -0.4 is 0 Å². The SMILES string of the molecule is OC1CCCC1Cc1ccsc1Br. The molecular weight excluding hydrogens is 248 g/mol. The normalized spacial score (nSPS) is 28.2. The van der Waals surface area contributed by atoms with E-state index in [4.69, 9.17) is 0 Å². The van der Waals surface area contributed by atoms with Crippen molar-refractivity contribution in [2.75, 3.05) is 0 Å². The molecule has 1 N–H and O–H groups in total. The van der Waals surface area contributed by atoms with Gasteiger partial charge in [-0.15, -0.1) is 11.3 Å². The van der Waals surface area contributed by atoms with Crippen LogP contribution in [0.1, 0.15) is 24.8 Å². The van der Waals surface area contributed by atoms with E-state index in [9.17, 15) is 5.11 Å². The number of aliphatic hydroxyl groups excluding tert-OH is 1. The summed E-state index contributed by atoms with van der Waals surface area (Å²) in [5.74, 6) is 0.492. The lowest BCUT2D eigenvalue weighted by atomic mass is 9.98. The third-order valence-corrected chi connectivity index (χ3v) is 4.61. The second-order valence-corrected chi connectivity index (χ2v) is 5.92. The molecule has 2 rings (SSSR count). The first-order valence-corrected chi connectivity index (χ1v) is 6.34. The summed E-state index contributed by atoms with van der Waals surface area (Å²) in [7, 11) is 0. The Morgan fingerprint density at radius 1 is 1.54 bits per heavy atom. The molecular formula is C10H13BrOS. The van der Waals surface area contributed by atoms with Crippen molar-refractivity contribution in [2.45, 2.75) is 31.8 Å². The molecule has 1 nitrogen and oxygen atoms in total. The van der Waals surface area contributed by atoms with Crippen LogP contribution >= 0.6 is 27.3 Å².